The maximum Gasteiger partial charge on any atom is 0.219 e. The maximum absolute atomic E-state index is 11.5. The van der Waals surface area contributed by atoms with Gasteiger partial charge < -0.3 is 24.8 Å². The van der Waals surface area contributed by atoms with E-state index < -0.39 is 0 Å². The van der Waals surface area contributed by atoms with Crippen LogP contribution in [-0.4, -0.2) is 106 Å². The minimum Gasteiger partial charge on any atom is -0.497 e. The number of rotatable bonds is 6. The number of nitrogens with one attached hydrogen (secondary N) is 1. The SMILES string of the molecule is CCNC(=NCCN1CCN(C(C)=O)CC1)N1CCN(c2cccc(OC)c2)CC1. The van der Waals surface area contributed by atoms with Crippen molar-refractivity contribution in [1.29, 1.82) is 0 Å². The van der Waals surface area contributed by atoms with E-state index in [2.05, 4.69) is 39.1 Å². The summed E-state index contributed by atoms with van der Waals surface area (Å²) in [6.45, 7) is 13.7. The predicted molar refractivity (Wildman–Crippen MR) is 121 cm³/mol. The maximum atomic E-state index is 11.5. The molecule has 0 atom stereocenters. The van der Waals surface area contributed by atoms with Gasteiger partial charge >= 0.3 is 0 Å². The highest BCUT2D eigenvalue weighted by atomic mass is 16.5. The van der Waals surface area contributed by atoms with Gasteiger partial charge in [-0.25, -0.2) is 0 Å². The zero-order valence-electron chi connectivity index (χ0n) is 18.6. The summed E-state index contributed by atoms with van der Waals surface area (Å²) < 4.78 is 5.36. The Morgan fingerprint density at radius 1 is 1.07 bits per heavy atom. The fraction of sp³-hybridized carbons (Fsp3) is 0.636. The summed E-state index contributed by atoms with van der Waals surface area (Å²) in [6.07, 6.45) is 0. The molecular weight excluding hydrogens is 380 g/mol. The van der Waals surface area contributed by atoms with Crippen LogP contribution in [0.15, 0.2) is 29.3 Å². The van der Waals surface area contributed by atoms with Gasteiger partial charge in [-0.2, -0.15) is 0 Å². The van der Waals surface area contributed by atoms with Gasteiger partial charge in [0.15, 0.2) is 5.96 Å². The number of aliphatic imine (C=N–C) groups is 1. The van der Waals surface area contributed by atoms with Crippen molar-refractivity contribution in [3.63, 3.8) is 0 Å². The molecule has 0 bridgehead atoms. The molecule has 0 spiro atoms. The highest BCUT2D eigenvalue weighted by molar-refractivity contribution is 5.80. The largest absolute Gasteiger partial charge is 0.497 e. The van der Waals surface area contributed by atoms with E-state index in [0.717, 1.165) is 83.7 Å². The van der Waals surface area contributed by atoms with Gasteiger partial charge in [0.25, 0.3) is 0 Å². The van der Waals surface area contributed by atoms with Crippen LogP contribution in [0.3, 0.4) is 0 Å². The van der Waals surface area contributed by atoms with Gasteiger partial charge in [0.1, 0.15) is 5.75 Å². The van der Waals surface area contributed by atoms with Gasteiger partial charge in [0.05, 0.1) is 13.7 Å². The summed E-state index contributed by atoms with van der Waals surface area (Å²) >= 11 is 0. The average molecular weight is 417 g/mol. The lowest BCUT2D eigenvalue weighted by atomic mass is 10.2. The van der Waals surface area contributed by atoms with Crippen LogP contribution in [0.5, 0.6) is 5.75 Å². The molecule has 1 aromatic rings. The molecule has 30 heavy (non-hydrogen) atoms. The second-order valence-electron chi connectivity index (χ2n) is 7.76. The monoisotopic (exact) mass is 416 g/mol. The first-order chi connectivity index (χ1) is 14.6. The summed E-state index contributed by atoms with van der Waals surface area (Å²) in [5.41, 5.74) is 1.21. The Kier molecular flexibility index (Phi) is 8.19. The second kappa shape index (κ2) is 11.1. The number of hydrogen-bond acceptors (Lipinski definition) is 5. The molecule has 2 aliphatic rings. The molecule has 0 radical (unpaired) electrons. The Bertz CT molecular complexity index is 709. The number of piperazine rings is 2. The molecule has 2 aliphatic heterocycles. The molecule has 0 unspecified atom stereocenters. The quantitative estimate of drug-likeness (QED) is 0.550. The molecule has 1 aromatic carbocycles. The van der Waals surface area contributed by atoms with E-state index in [0.29, 0.717) is 0 Å². The summed E-state index contributed by atoms with van der Waals surface area (Å²) in [6, 6.07) is 8.27. The van der Waals surface area contributed by atoms with Crippen LogP contribution in [0, 0.1) is 0 Å². The number of anilines is 1. The van der Waals surface area contributed by atoms with Crippen LogP contribution in [0.2, 0.25) is 0 Å². The Hall–Kier alpha value is -2.48. The molecule has 0 aliphatic carbocycles. The van der Waals surface area contributed by atoms with Crippen LogP contribution in [-0.2, 0) is 4.79 Å². The predicted octanol–water partition coefficient (Wildman–Crippen LogP) is 0.947. The van der Waals surface area contributed by atoms with Crippen LogP contribution in [0.4, 0.5) is 5.69 Å². The van der Waals surface area contributed by atoms with Crippen molar-refractivity contribution in [1.82, 2.24) is 20.0 Å². The highest BCUT2D eigenvalue weighted by Crippen LogP contribution is 2.22. The molecule has 2 saturated heterocycles. The van der Waals surface area contributed by atoms with Crippen LogP contribution < -0.4 is 15.0 Å². The van der Waals surface area contributed by atoms with E-state index in [1.807, 2.05) is 17.0 Å². The number of guanidine groups is 1. The molecule has 2 heterocycles. The lowest BCUT2D eigenvalue weighted by molar-refractivity contribution is -0.130. The van der Waals surface area contributed by atoms with Gasteiger partial charge in [0.2, 0.25) is 5.91 Å². The van der Waals surface area contributed by atoms with Gasteiger partial charge in [-0.15, -0.1) is 0 Å². The average Bonchev–Trinajstić information content (AvgIpc) is 2.79. The van der Waals surface area contributed by atoms with Crippen molar-refractivity contribution in [3.8, 4) is 5.75 Å². The number of methoxy groups -OCH3 is 1. The van der Waals surface area contributed by atoms with Crippen molar-refractivity contribution in [2.75, 3.05) is 84.0 Å². The van der Waals surface area contributed by atoms with Gasteiger partial charge in [-0.05, 0) is 19.1 Å². The van der Waals surface area contributed by atoms with Crippen LogP contribution in [0.1, 0.15) is 13.8 Å². The summed E-state index contributed by atoms with van der Waals surface area (Å²) in [4.78, 5) is 25.4. The molecule has 1 N–H and O–H groups in total. The lowest BCUT2D eigenvalue weighted by Crippen LogP contribution is -2.53. The van der Waals surface area contributed by atoms with Gasteiger partial charge in [-0.3, -0.25) is 14.7 Å². The normalized spacial score (nSPS) is 18.5. The molecule has 3 rings (SSSR count). The van der Waals surface area contributed by atoms with Gasteiger partial charge in [-0.1, -0.05) is 6.07 Å². The van der Waals surface area contributed by atoms with E-state index in [1.54, 1.807) is 14.0 Å². The smallest absolute Gasteiger partial charge is 0.219 e. The first-order valence-corrected chi connectivity index (χ1v) is 11.0. The lowest BCUT2D eigenvalue weighted by Gasteiger charge is -2.38. The number of carbonyl (C=O) groups is 1. The van der Waals surface area contributed by atoms with E-state index in [-0.39, 0.29) is 5.91 Å². The standard InChI is InChI=1S/C22H36N6O2/c1-4-23-22(24-8-9-25-10-12-26(13-11-25)19(2)29)28-16-14-27(15-17-28)20-6-5-7-21(18-20)30-3/h5-7,18H,4,8-17H2,1-3H3,(H,23,24). The number of hydrogen-bond donors (Lipinski definition) is 1. The van der Waals surface area contributed by atoms with E-state index in [1.165, 1.54) is 5.69 Å². The van der Waals surface area contributed by atoms with Crippen LogP contribution >= 0.6 is 0 Å². The first-order valence-electron chi connectivity index (χ1n) is 11.0. The van der Waals surface area contributed by atoms with Crippen molar-refractivity contribution in [3.05, 3.63) is 24.3 Å². The summed E-state index contributed by atoms with van der Waals surface area (Å²) in [5.74, 6) is 2.08. The Morgan fingerprint density at radius 3 is 2.40 bits per heavy atom. The summed E-state index contributed by atoms with van der Waals surface area (Å²) in [5, 5.41) is 3.45. The van der Waals surface area contributed by atoms with E-state index >= 15 is 0 Å². The van der Waals surface area contributed by atoms with Crippen LogP contribution in [0.25, 0.3) is 0 Å². The molecule has 166 valence electrons. The van der Waals surface area contributed by atoms with E-state index in [4.69, 9.17) is 9.73 Å². The zero-order chi connectivity index (χ0) is 21.3. The Balaban J connectivity index is 1.48. The third-order valence-corrected chi connectivity index (χ3v) is 5.83. The molecular formula is C22H36N6O2. The third-order valence-electron chi connectivity index (χ3n) is 5.83. The highest BCUT2D eigenvalue weighted by Gasteiger charge is 2.21. The van der Waals surface area contributed by atoms with E-state index in [9.17, 15) is 4.79 Å². The zero-order valence-corrected chi connectivity index (χ0v) is 18.6. The molecule has 8 heteroatoms. The Morgan fingerprint density at radius 2 is 1.77 bits per heavy atom. The molecule has 8 nitrogen and oxygen atoms in total. The van der Waals surface area contributed by atoms with Crippen molar-refractivity contribution in [2.24, 2.45) is 4.99 Å². The molecule has 0 aromatic heterocycles. The topological polar surface area (TPSA) is 63.7 Å². The first kappa shape index (κ1) is 22.2. The number of benzene rings is 1. The molecule has 1 amide bonds. The number of carbonyl (C=O) groups excluding carboxylic acids is 1. The summed E-state index contributed by atoms with van der Waals surface area (Å²) in [7, 11) is 1.71. The number of amides is 1. The molecule has 0 saturated carbocycles. The van der Waals surface area contributed by atoms with Crippen molar-refractivity contribution >= 4 is 17.6 Å². The number of ether oxygens (including phenoxy) is 1. The number of nitrogens with zero attached hydrogens (tertiary/aromatic N) is 5. The minimum absolute atomic E-state index is 0.176. The van der Waals surface area contributed by atoms with Gasteiger partial charge in [0, 0.05) is 84.1 Å². The third kappa shape index (κ3) is 6.01. The van der Waals surface area contributed by atoms with Crippen molar-refractivity contribution < 1.29 is 9.53 Å². The molecule has 2 fully saturated rings. The minimum atomic E-state index is 0.176. The fourth-order valence-corrected chi connectivity index (χ4v) is 3.99. The second-order valence-corrected chi connectivity index (χ2v) is 7.76. The fourth-order valence-electron chi connectivity index (χ4n) is 3.99. The van der Waals surface area contributed by atoms with Crippen molar-refractivity contribution in [2.45, 2.75) is 13.8 Å². The Labute approximate surface area is 180 Å².